The summed E-state index contributed by atoms with van der Waals surface area (Å²) in [7, 11) is 0. The summed E-state index contributed by atoms with van der Waals surface area (Å²) in [6.07, 6.45) is 1.79. The number of hydrogen-bond acceptors (Lipinski definition) is 3. The Kier molecular flexibility index (Phi) is 5.75. The van der Waals surface area contributed by atoms with Crippen molar-refractivity contribution in [2.75, 3.05) is 26.2 Å². The van der Waals surface area contributed by atoms with Crippen LogP contribution in [-0.4, -0.2) is 43.0 Å². The van der Waals surface area contributed by atoms with Gasteiger partial charge in [-0.2, -0.15) is 0 Å². The molecule has 2 rings (SSSR count). The Bertz CT molecular complexity index is 528. The van der Waals surface area contributed by atoms with Gasteiger partial charge in [-0.1, -0.05) is 6.07 Å². The van der Waals surface area contributed by atoms with E-state index < -0.39 is 5.82 Å². The van der Waals surface area contributed by atoms with E-state index in [4.69, 9.17) is 4.74 Å². The molecule has 1 aromatic rings. The monoisotopic (exact) mass is 308 g/mol. The molecule has 0 aliphatic carbocycles. The Morgan fingerprint density at radius 2 is 2.09 bits per heavy atom. The van der Waals surface area contributed by atoms with Gasteiger partial charge in [-0.05, 0) is 30.9 Å². The van der Waals surface area contributed by atoms with E-state index in [9.17, 15) is 14.0 Å². The molecule has 1 fully saturated rings. The lowest BCUT2D eigenvalue weighted by molar-refractivity contribution is -0.130. The van der Waals surface area contributed by atoms with Gasteiger partial charge >= 0.3 is 0 Å². The number of nitrogens with one attached hydrogen (secondary N) is 1. The molecular weight excluding hydrogens is 287 g/mol. The first-order valence-corrected chi connectivity index (χ1v) is 7.45. The molecule has 6 heteroatoms. The molecule has 1 aliphatic rings. The minimum absolute atomic E-state index is 0.103. The number of halogens is 1. The predicted molar refractivity (Wildman–Crippen MR) is 79.9 cm³/mol. The van der Waals surface area contributed by atoms with Gasteiger partial charge in [0.1, 0.15) is 11.6 Å². The summed E-state index contributed by atoms with van der Waals surface area (Å²) < 4.78 is 18.2. The molecule has 0 saturated carbocycles. The fourth-order valence-corrected chi connectivity index (χ4v) is 2.47. The van der Waals surface area contributed by atoms with Crippen LogP contribution >= 0.6 is 0 Å². The molecule has 0 unspecified atom stereocenters. The number of amides is 2. The second kappa shape index (κ2) is 7.77. The highest BCUT2D eigenvalue weighted by Crippen LogP contribution is 2.16. The number of benzene rings is 1. The number of likely N-dealkylation sites (tertiary alicyclic amines) is 1. The summed E-state index contributed by atoms with van der Waals surface area (Å²) in [4.78, 5) is 24.8. The molecule has 2 amide bonds. The quantitative estimate of drug-likeness (QED) is 0.898. The summed E-state index contributed by atoms with van der Waals surface area (Å²) >= 11 is 0. The molecule has 0 atom stereocenters. The molecule has 1 N–H and O–H groups in total. The molecular formula is C16H21FN2O3. The second-order valence-corrected chi connectivity index (χ2v) is 5.50. The van der Waals surface area contributed by atoms with Crippen LogP contribution in [0.2, 0.25) is 0 Å². The average molecular weight is 308 g/mol. The molecule has 0 aromatic heterocycles. The summed E-state index contributed by atoms with van der Waals surface area (Å²) in [5, 5.41) is 2.82. The SMILES string of the molecule is CC(=O)N1CCC(CNC(=O)COc2cccc(F)c2)CC1. The number of ether oxygens (including phenoxy) is 1. The summed E-state index contributed by atoms with van der Waals surface area (Å²) in [5.41, 5.74) is 0. The van der Waals surface area contributed by atoms with Crippen molar-refractivity contribution in [1.29, 1.82) is 0 Å². The zero-order valence-electron chi connectivity index (χ0n) is 12.7. The molecule has 5 nitrogen and oxygen atoms in total. The van der Waals surface area contributed by atoms with Crippen LogP contribution in [0, 0.1) is 11.7 Å². The molecule has 120 valence electrons. The zero-order valence-corrected chi connectivity index (χ0v) is 12.7. The smallest absolute Gasteiger partial charge is 0.257 e. The van der Waals surface area contributed by atoms with E-state index in [2.05, 4.69) is 5.32 Å². The van der Waals surface area contributed by atoms with Crippen LogP contribution < -0.4 is 10.1 Å². The highest BCUT2D eigenvalue weighted by atomic mass is 19.1. The third-order valence-electron chi connectivity index (χ3n) is 3.81. The summed E-state index contributed by atoms with van der Waals surface area (Å²) in [5.74, 6) is 0.206. The summed E-state index contributed by atoms with van der Waals surface area (Å²) in [6.45, 7) is 3.52. The zero-order chi connectivity index (χ0) is 15.9. The van der Waals surface area contributed by atoms with Crippen LogP contribution in [0.3, 0.4) is 0 Å². The Balaban J connectivity index is 1.65. The van der Waals surface area contributed by atoms with Gasteiger partial charge in [0, 0.05) is 32.6 Å². The third kappa shape index (κ3) is 5.02. The maximum atomic E-state index is 13.0. The Morgan fingerprint density at radius 1 is 1.36 bits per heavy atom. The lowest BCUT2D eigenvalue weighted by Gasteiger charge is -2.31. The molecule has 1 saturated heterocycles. The van der Waals surface area contributed by atoms with Gasteiger partial charge in [0.15, 0.2) is 6.61 Å². The first kappa shape index (κ1) is 16.3. The second-order valence-electron chi connectivity index (χ2n) is 5.50. The lowest BCUT2D eigenvalue weighted by atomic mass is 9.97. The number of nitrogens with zero attached hydrogens (tertiary/aromatic N) is 1. The normalized spacial score (nSPS) is 15.5. The number of carbonyl (C=O) groups is 2. The maximum absolute atomic E-state index is 13.0. The fourth-order valence-electron chi connectivity index (χ4n) is 2.47. The van der Waals surface area contributed by atoms with Crippen LogP contribution in [0.1, 0.15) is 19.8 Å². The van der Waals surface area contributed by atoms with Gasteiger partial charge in [-0.3, -0.25) is 9.59 Å². The van der Waals surface area contributed by atoms with Crippen LogP contribution in [0.15, 0.2) is 24.3 Å². The van der Waals surface area contributed by atoms with Crippen molar-refractivity contribution in [3.8, 4) is 5.75 Å². The van der Waals surface area contributed by atoms with E-state index in [1.165, 1.54) is 18.2 Å². The highest BCUT2D eigenvalue weighted by molar-refractivity contribution is 5.77. The molecule has 22 heavy (non-hydrogen) atoms. The van der Waals surface area contributed by atoms with E-state index >= 15 is 0 Å². The van der Waals surface area contributed by atoms with Crippen molar-refractivity contribution in [3.63, 3.8) is 0 Å². The van der Waals surface area contributed by atoms with Crippen LogP contribution in [-0.2, 0) is 9.59 Å². The lowest BCUT2D eigenvalue weighted by Crippen LogP contribution is -2.41. The largest absolute Gasteiger partial charge is 0.484 e. The standard InChI is InChI=1S/C16H21FN2O3/c1-12(20)19-7-5-13(6-8-19)10-18-16(21)11-22-15-4-2-3-14(17)9-15/h2-4,9,13H,5-8,10-11H2,1H3,(H,18,21). The van der Waals surface area contributed by atoms with Gasteiger partial charge in [-0.25, -0.2) is 4.39 Å². The first-order valence-electron chi connectivity index (χ1n) is 7.45. The van der Waals surface area contributed by atoms with Crippen molar-refractivity contribution < 1.29 is 18.7 Å². The van der Waals surface area contributed by atoms with Gasteiger partial charge in [0.25, 0.3) is 5.91 Å². The van der Waals surface area contributed by atoms with Gasteiger partial charge in [0.2, 0.25) is 5.91 Å². The van der Waals surface area contributed by atoms with Crippen molar-refractivity contribution in [3.05, 3.63) is 30.1 Å². The number of piperidine rings is 1. The average Bonchev–Trinajstić information content (AvgIpc) is 2.51. The molecule has 1 aliphatic heterocycles. The first-order chi connectivity index (χ1) is 10.5. The minimum Gasteiger partial charge on any atom is -0.484 e. The molecule has 0 bridgehead atoms. The van der Waals surface area contributed by atoms with Crippen LogP contribution in [0.25, 0.3) is 0 Å². The third-order valence-corrected chi connectivity index (χ3v) is 3.81. The molecule has 1 heterocycles. The predicted octanol–water partition coefficient (Wildman–Crippen LogP) is 1.58. The van der Waals surface area contributed by atoms with E-state index in [0.717, 1.165) is 25.9 Å². The Labute approximate surface area is 129 Å². The molecule has 0 radical (unpaired) electrons. The number of carbonyl (C=O) groups excluding carboxylic acids is 2. The van der Waals surface area contributed by atoms with E-state index in [1.807, 2.05) is 4.90 Å². The highest BCUT2D eigenvalue weighted by Gasteiger charge is 2.20. The fraction of sp³-hybridized carbons (Fsp3) is 0.500. The minimum atomic E-state index is -0.393. The van der Waals surface area contributed by atoms with Gasteiger partial charge in [-0.15, -0.1) is 0 Å². The van der Waals surface area contributed by atoms with Gasteiger partial charge in [0.05, 0.1) is 0 Å². The summed E-state index contributed by atoms with van der Waals surface area (Å²) in [6, 6.07) is 5.70. The molecule has 0 spiro atoms. The van der Waals surface area contributed by atoms with Crippen LogP contribution in [0.5, 0.6) is 5.75 Å². The van der Waals surface area contributed by atoms with E-state index in [0.29, 0.717) is 18.2 Å². The van der Waals surface area contributed by atoms with Crippen LogP contribution in [0.4, 0.5) is 4.39 Å². The van der Waals surface area contributed by atoms with Crippen molar-refractivity contribution in [2.24, 2.45) is 5.92 Å². The maximum Gasteiger partial charge on any atom is 0.257 e. The van der Waals surface area contributed by atoms with Crippen molar-refractivity contribution in [2.45, 2.75) is 19.8 Å². The van der Waals surface area contributed by atoms with Crippen molar-refractivity contribution >= 4 is 11.8 Å². The number of hydrogen-bond donors (Lipinski definition) is 1. The van der Waals surface area contributed by atoms with E-state index in [-0.39, 0.29) is 18.4 Å². The van der Waals surface area contributed by atoms with Gasteiger partial charge < -0.3 is 15.0 Å². The van der Waals surface area contributed by atoms with Crippen molar-refractivity contribution in [1.82, 2.24) is 10.2 Å². The number of rotatable bonds is 5. The topological polar surface area (TPSA) is 58.6 Å². The molecule has 1 aromatic carbocycles. The van der Waals surface area contributed by atoms with E-state index in [1.54, 1.807) is 13.0 Å². The Morgan fingerprint density at radius 3 is 2.73 bits per heavy atom. The Hall–Kier alpha value is -2.11.